The maximum absolute atomic E-state index is 13.4. The second-order valence-corrected chi connectivity index (χ2v) is 7.85. The van der Waals surface area contributed by atoms with E-state index in [-0.39, 0.29) is 35.4 Å². The van der Waals surface area contributed by atoms with Gasteiger partial charge in [-0.1, -0.05) is 17.7 Å². The molecule has 2 heterocycles. The monoisotopic (exact) mass is 466 g/mol. The van der Waals surface area contributed by atoms with Crippen LogP contribution in [0.15, 0.2) is 35.2 Å². The fourth-order valence-electron chi connectivity index (χ4n) is 2.92. The summed E-state index contributed by atoms with van der Waals surface area (Å²) in [6.07, 6.45) is 1.56. The molecular weight excluding hydrogens is 454 g/mol. The SMILES string of the molecule is O=C(NCCN1C(=O)S/C(=C\c2ccc3c(c2)OCO3)C1=O)c1cc(F)c(F)cc1Cl. The number of rotatable bonds is 5. The van der Waals surface area contributed by atoms with Crippen molar-refractivity contribution in [1.29, 1.82) is 0 Å². The summed E-state index contributed by atoms with van der Waals surface area (Å²) >= 11 is 6.54. The number of fused-ring (bicyclic) bond motifs is 1. The van der Waals surface area contributed by atoms with Crippen LogP contribution in [0.2, 0.25) is 5.02 Å². The van der Waals surface area contributed by atoms with Crippen molar-refractivity contribution >= 4 is 46.5 Å². The molecule has 1 N–H and O–H groups in total. The molecule has 2 aliphatic heterocycles. The largest absolute Gasteiger partial charge is 0.454 e. The normalized spacial score (nSPS) is 16.4. The lowest BCUT2D eigenvalue weighted by Gasteiger charge is -2.13. The van der Waals surface area contributed by atoms with E-state index in [9.17, 15) is 23.2 Å². The van der Waals surface area contributed by atoms with Crippen LogP contribution in [0, 0.1) is 11.6 Å². The number of carbonyl (C=O) groups excluding carboxylic acids is 3. The third-order valence-corrected chi connectivity index (χ3v) is 5.66. The Hall–Kier alpha value is -3.11. The van der Waals surface area contributed by atoms with Gasteiger partial charge in [0.2, 0.25) is 6.79 Å². The second-order valence-electron chi connectivity index (χ2n) is 6.45. The Labute approximate surface area is 183 Å². The molecule has 0 spiro atoms. The van der Waals surface area contributed by atoms with E-state index in [4.69, 9.17) is 21.1 Å². The van der Waals surface area contributed by atoms with Crippen molar-refractivity contribution in [3.05, 3.63) is 63.0 Å². The lowest BCUT2D eigenvalue weighted by molar-refractivity contribution is -0.122. The maximum Gasteiger partial charge on any atom is 0.293 e. The Bertz CT molecular complexity index is 1140. The summed E-state index contributed by atoms with van der Waals surface area (Å²) in [6, 6.07) is 6.51. The molecule has 160 valence electrons. The van der Waals surface area contributed by atoms with Gasteiger partial charge in [-0.25, -0.2) is 8.78 Å². The molecule has 7 nitrogen and oxygen atoms in total. The van der Waals surface area contributed by atoms with Gasteiger partial charge in [0.05, 0.1) is 15.5 Å². The molecule has 2 aromatic carbocycles. The first-order valence-electron chi connectivity index (χ1n) is 8.91. The fraction of sp³-hybridized carbons (Fsp3) is 0.150. The molecule has 1 saturated heterocycles. The molecule has 4 rings (SSSR count). The van der Waals surface area contributed by atoms with Gasteiger partial charge >= 0.3 is 0 Å². The number of carbonyl (C=O) groups is 3. The van der Waals surface area contributed by atoms with Crippen LogP contribution in [0.25, 0.3) is 6.08 Å². The van der Waals surface area contributed by atoms with Crippen molar-refractivity contribution in [1.82, 2.24) is 10.2 Å². The number of nitrogens with one attached hydrogen (secondary N) is 1. The topological polar surface area (TPSA) is 84.9 Å². The van der Waals surface area contributed by atoms with Gasteiger partial charge in [-0.05, 0) is 47.7 Å². The third kappa shape index (κ3) is 4.35. The molecule has 0 bridgehead atoms. The molecule has 0 aliphatic carbocycles. The first kappa shape index (κ1) is 21.1. The Morgan fingerprint density at radius 2 is 1.90 bits per heavy atom. The van der Waals surface area contributed by atoms with Gasteiger partial charge in [0, 0.05) is 13.1 Å². The van der Waals surface area contributed by atoms with E-state index in [1.807, 2.05) is 0 Å². The van der Waals surface area contributed by atoms with Crippen LogP contribution in [0.5, 0.6) is 11.5 Å². The number of thioether (sulfide) groups is 1. The zero-order valence-electron chi connectivity index (χ0n) is 15.6. The summed E-state index contributed by atoms with van der Waals surface area (Å²) < 4.78 is 37.0. The van der Waals surface area contributed by atoms with E-state index in [0.29, 0.717) is 29.2 Å². The Morgan fingerprint density at radius 3 is 2.71 bits per heavy atom. The average Bonchev–Trinajstić information content (AvgIpc) is 3.30. The van der Waals surface area contributed by atoms with Gasteiger partial charge in [-0.3, -0.25) is 19.3 Å². The summed E-state index contributed by atoms with van der Waals surface area (Å²) in [5, 5.41) is 1.69. The second kappa shape index (κ2) is 8.56. The zero-order chi connectivity index (χ0) is 22.1. The number of benzene rings is 2. The molecule has 0 saturated carbocycles. The number of ether oxygens (including phenoxy) is 2. The number of nitrogens with zero attached hydrogens (tertiary/aromatic N) is 1. The van der Waals surface area contributed by atoms with Crippen LogP contribution in [-0.2, 0) is 4.79 Å². The summed E-state index contributed by atoms with van der Waals surface area (Å²) in [4.78, 5) is 38.1. The lowest BCUT2D eigenvalue weighted by Crippen LogP contribution is -2.37. The summed E-state index contributed by atoms with van der Waals surface area (Å²) in [5.41, 5.74) is 0.411. The minimum atomic E-state index is -1.21. The van der Waals surface area contributed by atoms with Crippen LogP contribution >= 0.6 is 23.4 Å². The Morgan fingerprint density at radius 1 is 1.16 bits per heavy atom. The van der Waals surface area contributed by atoms with E-state index in [1.54, 1.807) is 24.3 Å². The highest BCUT2D eigenvalue weighted by atomic mass is 35.5. The van der Waals surface area contributed by atoms with Gasteiger partial charge in [-0.15, -0.1) is 0 Å². The van der Waals surface area contributed by atoms with E-state index in [1.165, 1.54) is 0 Å². The first-order valence-corrected chi connectivity index (χ1v) is 10.1. The average molecular weight is 467 g/mol. The van der Waals surface area contributed by atoms with Gasteiger partial charge < -0.3 is 14.8 Å². The smallest absolute Gasteiger partial charge is 0.293 e. The highest BCUT2D eigenvalue weighted by molar-refractivity contribution is 8.18. The molecule has 0 unspecified atom stereocenters. The van der Waals surface area contributed by atoms with Crippen LogP contribution in [0.1, 0.15) is 15.9 Å². The van der Waals surface area contributed by atoms with Crippen molar-refractivity contribution in [3.8, 4) is 11.5 Å². The lowest BCUT2D eigenvalue weighted by atomic mass is 10.2. The van der Waals surface area contributed by atoms with Gasteiger partial charge in [0.25, 0.3) is 17.1 Å². The predicted octanol–water partition coefficient (Wildman–Crippen LogP) is 3.81. The minimum Gasteiger partial charge on any atom is -0.454 e. The van der Waals surface area contributed by atoms with E-state index < -0.39 is 28.7 Å². The standard InChI is InChI=1S/C20H13ClF2N2O5S/c21-12-8-14(23)13(22)7-11(12)18(26)24-3-4-25-19(27)17(31-20(25)28)6-10-1-2-15-16(5-10)30-9-29-15/h1-2,5-8H,3-4,9H2,(H,24,26)/b17-6-. The molecular formula is C20H13ClF2N2O5S. The third-order valence-electron chi connectivity index (χ3n) is 4.44. The highest BCUT2D eigenvalue weighted by Crippen LogP contribution is 2.36. The highest BCUT2D eigenvalue weighted by Gasteiger charge is 2.34. The van der Waals surface area contributed by atoms with E-state index in [0.717, 1.165) is 16.7 Å². The number of hydrogen-bond acceptors (Lipinski definition) is 6. The molecule has 2 aliphatic rings. The number of halogens is 3. The van der Waals surface area contributed by atoms with Crippen molar-refractivity contribution in [2.24, 2.45) is 0 Å². The van der Waals surface area contributed by atoms with Crippen LogP contribution in [0.3, 0.4) is 0 Å². The van der Waals surface area contributed by atoms with Crippen molar-refractivity contribution in [3.63, 3.8) is 0 Å². The van der Waals surface area contributed by atoms with Crippen LogP contribution in [0.4, 0.5) is 13.6 Å². The molecule has 11 heteroatoms. The quantitative estimate of drug-likeness (QED) is 0.533. The van der Waals surface area contributed by atoms with Crippen molar-refractivity contribution in [2.75, 3.05) is 19.9 Å². The van der Waals surface area contributed by atoms with Gasteiger partial charge in [0.15, 0.2) is 23.1 Å². The van der Waals surface area contributed by atoms with Crippen LogP contribution < -0.4 is 14.8 Å². The number of imide groups is 1. The molecule has 0 aromatic heterocycles. The van der Waals surface area contributed by atoms with Gasteiger partial charge in [0.1, 0.15) is 0 Å². The molecule has 1 fully saturated rings. The number of amides is 3. The first-order chi connectivity index (χ1) is 14.8. The van der Waals surface area contributed by atoms with E-state index >= 15 is 0 Å². The van der Waals surface area contributed by atoms with Crippen LogP contribution in [-0.4, -0.2) is 41.8 Å². The Balaban J connectivity index is 1.38. The molecule has 3 amide bonds. The fourth-order valence-corrected chi connectivity index (χ4v) is 4.02. The maximum atomic E-state index is 13.4. The number of hydrogen-bond donors (Lipinski definition) is 1. The Kier molecular flexibility index (Phi) is 5.84. The van der Waals surface area contributed by atoms with E-state index in [2.05, 4.69) is 5.32 Å². The molecule has 2 aromatic rings. The van der Waals surface area contributed by atoms with Crippen molar-refractivity contribution < 1.29 is 32.6 Å². The molecule has 0 radical (unpaired) electrons. The summed E-state index contributed by atoms with van der Waals surface area (Å²) in [5.74, 6) is -2.50. The summed E-state index contributed by atoms with van der Waals surface area (Å²) in [7, 11) is 0. The van der Waals surface area contributed by atoms with Crippen molar-refractivity contribution in [2.45, 2.75) is 0 Å². The van der Waals surface area contributed by atoms with Gasteiger partial charge in [-0.2, -0.15) is 0 Å². The zero-order valence-corrected chi connectivity index (χ0v) is 17.2. The summed E-state index contributed by atoms with van der Waals surface area (Å²) in [6.45, 7) is -0.0729. The predicted molar refractivity (Wildman–Crippen MR) is 109 cm³/mol. The molecule has 31 heavy (non-hydrogen) atoms. The molecule has 0 atom stereocenters. The minimum absolute atomic E-state index is 0.0937.